The lowest BCUT2D eigenvalue weighted by Crippen LogP contribution is -2.29. The topological polar surface area (TPSA) is 93.7 Å². The van der Waals surface area contributed by atoms with Crippen molar-refractivity contribution in [3.05, 3.63) is 57.2 Å². The highest BCUT2D eigenvalue weighted by Crippen LogP contribution is 2.33. The third-order valence-electron chi connectivity index (χ3n) is 4.12. The van der Waals surface area contributed by atoms with E-state index in [1.54, 1.807) is 30.3 Å². The van der Waals surface area contributed by atoms with E-state index in [1.807, 2.05) is 0 Å². The first kappa shape index (κ1) is 18.9. The van der Waals surface area contributed by atoms with Crippen molar-refractivity contribution in [3.8, 4) is 11.3 Å². The fourth-order valence-corrected chi connectivity index (χ4v) is 3.52. The molecule has 8 heteroatoms. The van der Waals surface area contributed by atoms with Crippen molar-refractivity contribution in [1.29, 1.82) is 0 Å². The standard InChI is InChI=1S/C19H18N2O5S/c1-2-3-4-11-20-18(22)17(27-19(20)23)12-15-9-10-16(26-15)13-5-7-14(8-6-13)21(24)25/h5-10,12H,2-4,11H2,1H3/b17-12-. The van der Waals surface area contributed by atoms with Crippen LogP contribution in [0.2, 0.25) is 0 Å². The number of nitro groups is 1. The van der Waals surface area contributed by atoms with Crippen LogP contribution in [-0.2, 0) is 4.79 Å². The molecule has 2 aromatic rings. The molecule has 1 aliphatic heterocycles. The molecule has 0 atom stereocenters. The number of furan rings is 1. The fraction of sp³-hybridized carbons (Fsp3) is 0.263. The van der Waals surface area contributed by atoms with Gasteiger partial charge in [-0.2, -0.15) is 0 Å². The summed E-state index contributed by atoms with van der Waals surface area (Å²) in [5.41, 5.74) is 0.690. The van der Waals surface area contributed by atoms with Crippen molar-refractivity contribution in [2.24, 2.45) is 0 Å². The van der Waals surface area contributed by atoms with Crippen LogP contribution in [0.1, 0.15) is 31.9 Å². The number of carbonyl (C=O) groups excluding carboxylic acids is 2. The van der Waals surface area contributed by atoms with Crippen LogP contribution in [0.5, 0.6) is 0 Å². The average molecular weight is 386 g/mol. The summed E-state index contributed by atoms with van der Waals surface area (Å²) in [5, 5.41) is 10.5. The quantitative estimate of drug-likeness (QED) is 0.285. The Hall–Kier alpha value is -2.87. The molecule has 0 spiro atoms. The summed E-state index contributed by atoms with van der Waals surface area (Å²) < 4.78 is 5.71. The summed E-state index contributed by atoms with van der Waals surface area (Å²) >= 11 is 0.908. The largest absolute Gasteiger partial charge is 0.457 e. The Kier molecular flexibility index (Phi) is 5.75. The van der Waals surface area contributed by atoms with E-state index in [9.17, 15) is 19.7 Å². The third kappa shape index (κ3) is 4.28. The van der Waals surface area contributed by atoms with Gasteiger partial charge in [-0.25, -0.2) is 0 Å². The monoisotopic (exact) mass is 386 g/mol. The summed E-state index contributed by atoms with van der Waals surface area (Å²) in [6.45, 7) is 2.50. The molecular formula is C19H18N2O5S. The number of non-ortho nitro benzene ring substituents is 1. The molecule has 27 heavy (non-hydrogen) atoms. The Labute approximate surface area is 160 Å². The third-order valence-corrected chi connectivity index (χ3v) is 5.03. The Bertz CT molecular complexity index is 901. The molecular weight excluding hydrogens is 368 g/mol. The zero-order chi connectivity index (χ0) is 19.4. The van der Waals surface area contributed by atoms with Crippen molar-refractivity contribution in [2.45, 2.75) is 26.2 Å². The highest BCUT2D eigenvalue weighted by Gasteiger charge is 2.34. The van der Waals surface area contributed by atoms with E-state index >= 15 is 0 Å². The molecule has 0 aliphatic carbocycles. The van der Waals surface area contributed by atoms with E-state index in [0.29, 0.717) is 28.5 Å². The number of thioether (sulfide) groups is 1. The van der Waals surface area contributed by atoms with E-state index in [-0.39, 0.29) is 16.8 Å². The predicted octanol–water partition coefficient (Wildman–Crippen LogP) is 5.08. The molecule has 2 heterocycles. The Balaban J connectivity index is 1.74. The van der Waals surface area contributed by atoms with Gasteiger partial charge in [-0.05, 0) is 42.4 Å². The van der Waals surface area contributed by atoms with Gasteiger partial charge in [-0.15, -0.1) is 0 Å². The molecule has 0 N–H and O–H groups in total. The van der Waals surface area contributed by atoms with Gasteiger partial charge in [-0.3, -0.25) is 24.6 Å². The highest BCUT2D eigenvalue weighted by molar-refractivity contribution is 8.18. The summed E-state index contributed by atoms with van der Waals surface area (Å²) in [6.07, 6.45) is 4.34. The van der Waals surface area contributed by atoms with Gasteiger partial charge in [-0.1, -0.05) is 19.8 Å². The maximum atomic E-state index is 12.4. The molecule has 140 valence electrons. The second kappa shape index (κ2) is 8.22. The second-order valence-corrected chi connectivity index (χ2v) is 7.04. The summed E-state index contributed by atoms with van der Waals surface area (Å²) in [6, 6.07) is 9.42. The van der Waals surface area contributed by atoms with E-state index in [2.05, 4.69) is 6.92 Å². The van der Waals surface area contributed by atoms with E-state index < -0.39 is 4.92 Å². The first-order valence-corrected chi connectivity index (χ1v) is 9.41. The number of benzene rings is 1. The minimum absolute atomic E-state index is 0.00211. The minimum Gasteiger partial charge on any atom is -0.457 e. The van der Waals surface area contributed by atoms with E-state index in [1.165, 1.54) is 17.0 Å². The molecule has 2 amide bonds. The number of hydrogen-bond acceptors (Lipinski definition) is 6. The van der Waals surface area contributed by atoms with Gasteiger partial charge in [0.2, 0.25) is 0 Å². The number of carbonyl (C=O) groups is 2. The maximum absolute atomic E-state index is 12.4. The number of amides is 2. The molecule has 0 radical (unpaired) electrons. The molecule has 1 aliphatic rings. The first-order valence-electron chi connectivity index (χ1n) is 8.59. The molecule has 1 saturated heterocycles. The van der Waals surface area contributed by atoms with Gasteiger partial charge in [0, 0.05) is 30.3 Å². The number of unbranched alkanes of at least 4 members (excludes halogenated alkanes) is 2. The Morgan fingerprint density at radius 1 is 1.15 bits per heavy atom. The molecule has 0 saturated carbocycles. The summed E-state index contributed by atoms with van der Waals surface area (Å²) in [4.78, 5) is 36.3. The number of hydrogen-bond donors (Lipinski definition) is 0. The van der Waals surface area contributed by atoms with Crippen molar-refractivity contribution < 1.29 is 18.9 Å². The van der Waals surface area contributed by atoms with Crippen LogP contribution in [0, 0.1) is 10.1 Å². The van der Waals surface area contributed by atoms with Crippen LogP contribution in [-0.4, -0.2) is 27.5 Å². The Morgan fingerprint density at radius 2 is 1.89 bits per heavy atom. The lowest BCUT2D eigenvalue weighted by Gasteiger charge is -2.11. The molecule has 1 aromatic carbocycles. The van der Waals surface area contributed by atoms with E-state index in [0.717, 1.165) is 31.0 Å². The smallest absolute Gasteiger partial charge is 0.293 e. The molecule has 3 rings (SSSR count). The molecule has 1 aromatic heterocycles. The number of imide groups is 1. The van der Waals surface area contributed by atoms with Gasteiger partial charge in [0.15, 0.2) is 0 Å². The lowest BCUT2D eigenvalue weighted by molar-refractivity contribution is -0.384. The first-order chi connectivity index (χ1) is 13.0. The summed E-state index contributed by atoms with van der Waals surface area (Å²) in [7, 11) is 0. The van der Waals surface area contributed by atoms with Crippen LogP contribution in [0.25, 0.3) is 17.4 Å². The predicted molar refractivity (Wildman–Crippen MR) is 103 cm³/mol. The zero-order valence-corrected chi connectivity index (χ0v) is 15.5. The number of nitro benzene ring substituents is 1. The maximum Gasteiger partial charge on any atom is 0.293 e. The van der Waals surface area contributed by atoms with Crippen LogP contribution in [0.15, 0.2) is 45.7 Å². The van der Waals surface area contributed by atoms with Crippen LogP contribution in [0.3, 0.4) is 0 Å². The molecule has 1 fully saturated rings. The van der Waals surface area contributed by atoms with Crippen molar-refractivity contribution in [2.75, 3.05) is 6.54 Å². The van der Waals surface area contributed by atoms with Gasteiger partial charge in [0.05, 0.1) is 9.83 Å². The van der Waals surface area contributed by atoms with Crippen LogP contribution in [0.4, 0.5) is 10.5 Å². The SMILES string of the molecule is CCCCCN1C(=O)S/C(=C\c2ccc(-c3ccc([N+](=O)[O-])cc3)o2)C1=O. The van der Waals surface area contributed by atoms with Gasteiger partial charge in [0.1, 0.15) is 11.5 Å². The van der Waals surface area contributed by atoms with Crippen LogP contribution >= 0.6 is 11.8 Å². The summed E-state index contributed by atoms with van der Waals surface area (Å²) in [5.74, 6) is 0.676. The second-order valence-electron chi connectivity index (χ2n) is 6.05. The highest BCUT2D eigenvalue weighted by atomic mass is 32.2. The van der Waals surface area contributed by atoms with Gasteiger partial charge in [0.25, 0.3) is 16.8 Å². The zero-order valence-electron chi connectivity index (χ0n) is 14.7. The number of nitrogens with zero attached hydrogens (tertiary/aromatic N) is 2. The minimum atomic E-state index is -0.464. The lowest BCUT2D eigenvalue weighted by atomic mass is 10.1. The number of rotatable bonds is 7. The molecule has 7 nitrogen and oxygen atoms in total. The van der Waals surface area contributed by atoms with Crippen molar-refractivity contribution >= 4 is 34.7 Å². The van der Waals surface area contributed by atoms with Crippen molar-refractivity contribution in [3.63, 3.8) is 0 Å². The normalized spacial score (nSPS) is 15.7. The molecule has 0 bridgehead atoms. The van der Waals surface area contributed by atoms with Gasteiger partial charge >= 0.3 is 0 Å². The van der Waals surface area contributed by atoms with Gasteiger partial charge < -0.3 is 4.42 Å². The Morgan fingerprint density at radius 3 is 2.56 bits per heavy atom. The van der Waals surface area contributed by atoms with Crippen LogP contribution < -0.4 is 0 Å². The van der Waals surface area contributed by atoms with Crippen molar-refractivity contribution in [1.82, 2.24) is 4.90 Å². The average Bonchev–Trinajstić information content (AvgIpc) is 3.22. The fourth-order valence-electron chi connectivity index (χ4n) is 2.67. The van der Waals surface area contributed by atoms with E-state index in [4.69, 9.17) is 4.42 Å². The molecule has 0 unspecified atom stereocenters.